The fourth-order valence-corrected chi connectivity index (χ4v) is 3.29. The Bertz CT molecular complexity index is 421. The number of piperidine rings is 1. The van der Waals surface area contributed by atoms with Crippen LogP contribution in [0.2, 0.25) is 0 Å². The van der Waals surface area contributed by atoms with Crippen LogP contribution in [-0.4, -0.2) is 30.9 Å². The van der Waals surface area contributed by atoms with E-state index in [-0.39, 0.29) is 0 Å². The molecule has 1 aliphatic rings. The molecule has 2 rings (SSSR count). The molecule has 1 fully saturated rings. The van der Waals surface area contributed by atoms with Crippen LogP contribution >= 0.6 is 15.9 Å². The third-order valence-corrected chi connectivity index (χ3v) is 4.27. The van der Waals surface area contributed by atoms with E-state index in [0.717, 1.165) is 36.2 Å². The molecule has 1 heterocycles. The smallest absolute Gasteiger partial charge is 0.0772 e. The lowest BCUT2D eigenvalue weighted by atomic mass is 10.1. The van der Waals surface area contributed by atoms with E-state index in [9.17, 15) is 5.11 Å². The highest BCUT2D eigenvalue weighted by Gasteiger charge is 2.21. The molecule has 1 saturated heterocycles. The van der Waals surface area contributed by atoms with Gasteiger partial charge in [-0.05, 0) is 44.4 Å². The van der Waals surface area contributed by atoms with Crippen molar-refractivity contribution in [2.45, 2.75) is 38.9 Å². The van der Waals surface area contributed by atoms with Crippen molar-refractivity contribution in [2.75, 3.05) is 24.6 Å². The van der Waals surface area contributed by atoms with Crippen LogP contribution in [0.25, 0.3) is 0 Å². The Morgan fingerprint density at radius 1 is 1.53 bits per heavy atom. The van der Waals surface area contributed by atoms with Gasteiger partial charge in [-0.3, -0.25) is 0 Å². The van der Waals surface area contributed by atoms with E-state index in [4.69, 9.17) is 4.74 Å². The zero-order valence-corrected chi connectivity index (χ0v) is 13.2. The van der Waals surface area contributed by atoms with E-state index in [0.29, 0.717) is 6.10 Å². The maximum atomic E-state index is 9.65. The molecule has 1 aliphatic heterocycles. The number of rotatable bonds is 4. The molecule has 0 amide bonds. The number of nitrogens with zero attached hydrogens (tertiary/aromatic N) is 1. The summed E-state index contributed by atoms with van der Waals surface area (Å²) in [5.74, 6) is 0. The van der Waals surface area contributed by atoms with Crippen molar-refractivity contribution in [1.29, 1.82) is 0 Å². The van der Waals surface area contributed by atoms with Gasteiger partial charge in [0.25, 0.3) is 0 Å². The second-order valence-electron chi connectivity index (χ2n) is 5.05. The van der Waals surface area contributed by atoms with Crippen LogP contribution < -0.4 is 4.90 Å². The Morgan fingerprint density at radius 2 is 2.32 bits per heavy atom. The Labute approximate surface area is 123 Å². The summed E-state index contributed by atoms with van der Waals surface area (Å²) in [7, 11) is 0. The molecule has 0 aliphatic carbocycles. The fraction of sp³-hybridized carbons (Fsp3) is 0.600. The molecule has 0 spiro atoms. The van der Waals surface area contributed by atoms with Gasteiger partial charge in [0.15, 0.2) is 0 Å². The standard InChI is InChI=1S/C15H22BrNO2/c1-3-19-13-5-4-8-17(10-13)12-6-7-14(11(2)18)15(16)9-12/h6-7,9,11,13,18H,3-5,8,10H2,1-2H3. The van der Waals surface area contributed by atoms with E-state index in [2.05, 4.69) is 33.0 Å². The molecule has 106 valence electrons. The predicted octanol–water partition coefficient (Wildman–Crippen LogP) is 3.51. The zero-order valence-electron chi connectivity index (χ0n) is 11.6. The zero-order chi connectivity index (χ0) is 13.8. The van der Waals surface area contributed by atoms with Crippen LogP contribution in [0.15, 0.2) is 22.7 Å². The highest BCUT2D eigenvalue weighted by molar-refractivity contribution is 9.10. The van der Waals surface area contributed by atoms with Gasteiger partial charge >= 0.3 is 0 Å². The average molecular weight is 328 g/mol. The van der Waals surface area contributed by atoms with Crippen molar-refractivity contribution >= 4 is 21.6 Å². The summed E-state index contributed by atoms with van der Waals surface area (Å²) in [6.45, 7) is 6.64. The van der Waals surface area contributed by atoms with Crippen molar-refractivity contribution < 1.29 is 9.84 Å². The maximum Gasteiger partial charge on any atom is 0.0772 e. The Hall–Kier alpha value is -0.580. The van der Waals surface area contributed by atoms with E-state index in [1.807, 2.05) is 13.0 Å². The third kappa shape index (κ3) is 3.71. The number of benzene rings is 1. The van der Waals surface area contributed by atoms with Gasteiger partial charge in [0.1, 0.15) is 0 Å². The molecule has 0 radical (unpaired) electrons. The molecule has 3 nitrogen and oxygen atoms in total. The maximum absolute atomic E-state index is 9.65. The fourth-order valence-electron chi connectivity index (χ4n) is 2.60. The van der Waals surface area contributed by atoms with Gasteiger partial charge in [0, 0.05) is 29.9 Å². The van der Waals surface area contributed by atoms with Crippen molar-refractivity contribution in [3.63, 3.8) is 0 Å². The molecule has 1 N–H and O–H groups in total. The van der Waals surface area contributed by atoms with E-state index < -0.39 is 6.10 Å². The van der Waals surface area contributed by atoms with Crippen LogP contribution in [0.5, 0.6) is 0 Å². The molecule has 4 heteroatoms. The van der Waals surface area contributed by atoms with Crippen molar-refractivity contribution in [2.24, 2.45) is 0 Å². The largest absolute Gasteiger partial charge is 0.389 e. The van der Waals surface area contributed by atoms with Crippen molar-refractivity contribution in [3.8, 4) is 0 Å². The second-order valence-corrected chi connectivity index (χ2v) is 5.90. The summed E-state index contributed by atoms with van der Waals surface area (Å²) in [6.07, 6.45) is 2.22. The number of hydrogen-bond acceptors (Lipinski definition) is 3. The number of halogens is 1. The summed E-state index contributed by atoms with van der Waals surface area (Å²) in [5.41, 5.74) is 2.13. The second kappa shape index (κ2) is 6.73. The molecular formula is C15H22BrNO2. The topological polar surface area (TPSA) is 32.7 Å². The van der Waals surface area contributed by atoms with Gasteiger partial charge in [0.05, 0.1) is 12.2 Å². The van der Waals surface area contributed by atoms with E-state index >= 15 is 0 Å². The van der Waals surface area contributed by atoms with Gasteiger partial charge in [-0.2, -0.15) is 0 Å². The number of anilines is 1. The first kappa shape index (κ1) is 14.8. The molecule has 1 aromatic rings. The minimum atomic E-state index is -0.444. The first-order valence-electron chi connectivity index (χ1n) is 6.96. The van der Waals surface area contributed by atoms with Crippen LogP contribution in [0.4, 0.5) is 5.69 Å². The summed E-state index contributed by atoms with van der Waals surface area (Å²) >= 11 is 3.54. The highest BCUT2D eigenvalue weighted by atomic mass is 79.9. The number of aliphatic hydroxyl groups is 1. The Kier molecular flexibility index (Phi) is 5.25. The highest BCUT2D eigenvalue weighted by Crippen LogP contribution is 2.29. The van der Waals surface area contributed by atoms with Crippen molar-refractivity contribution in [1.82, 2.24) is 0 Å². The summed E-state index contributed by atoms with van der Waals surface area (Å²) in [6, 6.07) is 6.17. The molecule has 2 atom stereocenters. The quantitative estimate of drug-likeness (QED) is 0.918. The predicted molar refractivity (Wildman–Crippen MR) is 81.6 cm³/mol. The van der Waals surface area contributed by atoms with Gasteiger partial charge in [-0.1, -0.05) is 22.0 Å². The van der Waals surface area contributed by atoms with Gasteiger partial charge in [0.2, 0.25) is 0 Å². The number of ether oxygens (including phenoxy) is 1. The van der Waals surface area contributed by atoms with Gasteiger partial charge in [-0.25, -0.2) is 0 Å². The van der Waals surface area contributed by atoms with Crippen LogP contribution in [0.3, 0.4) is 0 Å². The lowest BCUT2D eigenvalue weighted by molar-refractivity contribution is 0.0526. The molecule has 2 unspecified atom stereocenters. The molecule has 0 saturated carbocycles. The van der Waals surface area contributed by atoms with Gasteiger partial charge < -0.3 is 14.7 Å². The van der Waals surface area contributed by atoms with Crippen molar-refractivity contribution in [3.05, 3.63) is 28.2 Å². The lowest BCUT2D eigenvalue weighted by Gasteiger charge is -2.34. The first-order chi connectivity index (χ1) is 9.11. The number of aliphatic hydroxyl groups excluding tert-OH is 1. The molecule has 1 aromatic carbocycles. The number of hydrogen-bond donors (Lipinski definition) is 1. The van der Waals surface area contributed by atoms with Gasteiger partial charge in [-0.15, -0.1) is 0 Å². The molecule has 0 aromatic heterocycles. The summed E-state index contributed by atoms with van der Waals surface area (Å²) in [5, 5.41) is 9.65. The minimum absolute atomic E-state index is 0.342. The molecular weight excluding hydrogens is 306 g/mol. The Morgan fingerprint density at radius 3 is 2.95 bits per heavy atom. The molecule has 0 bridgehead atoms. The third-order valence-electron chi connectivity index (χ3n) is 3.58. The summed E-state index contributed by atoms with van der Waals surface area (Å²) < 4.78 is 6.70. The first-order valence-corrected chi connectivity index (χ1v) is 7.75. The van der Waals surface area contributed by atoms with E-state index in [1.165, 1.54) is 12.1 Å². The minimum Gasteiger partial charge on any atom is -0.389 e. The normalized spacial score (nSPS) is 21.5. The Balaban J connectivity index is 2.11. The van der Waals surface area contributed by atoms with E-state index in [1.54, 1.807) is 6.92 Å². The van der Waals surface area contributed by atoms with Crippen LogP contribution in [0, 0.1) is 0 Å². The van der Waals surface area contributed by atoms with Crippen LogP contribution in [0.1, 0.15) is 38.4 Å². The monoisotopic (exact) mass is 327 g/mol. The molecule has 19 heavy (non-hydrogen) atoms. The lowest BCUT2D eigenvalue weighted by Crippen LogP contribution is -2.39. The summed E-state index contributed by atoms with van der Waals surface area (Å²) in [4.78, 5) is 2.36. The van der Waals surface area contributed by atoms with Crippen LogP contribution in [-0.2, 0) is 4.74 Å². The SMILES string of the molecule is CCOC1CCCN(c2ccc(C(C)O)c(Br)c2)C1. The average Bonchev–Trinajstić information content (AvgIpc) is 2.39.